The van der Waals surface area contributed by atoms with Crippen molar-refractivity contribution in [3.05, 3.63) is 60.7 Å². The SMILES string of the molecule is Cn1ncc2cccc(S(=O)(=O)Nc3ccc(-n4cc(C(F)(F)F)cn4)nc3)c21. The van der Waals surface area contributed by atoms with Crippen molar-refractivity contribution in [1.29, 1.82) is 0 Å². The van der Waals surface area contributed by atoms with Gasteiger partial charge in [-0.3, -0.25) is 9.40 Å². The van der Waals surface area contributed by atoms with Gasteiger partial charge in [0, 0.05) is 18.6 Å². The van der Waals surface area contributed by atoms with E-state index in [2.05, 4.69) is 19.9 Å². The van der Waals surface area contributed by atoms with Crippen molar-refractivity contribution < 1.29 is 21.6 Å². The van der Waals surface area contributed by atoms with Crippen LogP contribution in [0.2, 0.25) is 0 Å². The van der Waals surface area contributed by atoms with E-state index in [0.29, 0.717) is 17.1 Å². The Labute approximate surface area is 162 Å². The largest absolute Gasteiger partial charge is 0.419 e. The van der Waals surface area contributed by atoms with Gasteiger partial charge in [0.25, 0.3) is 10.0 Å². The number of halogens is 3. The van der Waals surface area contributed by atoms with Gasteiger partial charge in [-0.15, -0.1) is 0 Å². The predicted octanol–water partition coefficient (Wildman–Crippen LogP) is 2.97. The van der Waals surface area contributed by atoms with Crippen LogP contribution in [0.25, 0.3) is 16.7 Å². The molecule has 0 spiro atoms. The molecule has 0 aliphatic carbocycles. The Hall–Kier alpha value is -3.41. The van der Waals surface area contributed by atoms with Crippen molar-refractivity contribution in [2.24, 2.45) is 7.05 Å². The van der Waals surface area contributed by atoms with Crippen LogP contribution in [0.15, 0.2) is 60.0 Å². The molecule has 0 bridgehead atoms. The van der Waals surface area contributed by atoms with Crippen molar-refractivity contribution in [3.63, 3.8) is 0 Å². The van der Waals surface area contributed by atoms with Crippen molar-refractivity contribution in [1.82, 2.24) is 24.5 Å². The normalized spacial score (nSPS) is 12.4. The highest BCUT2D eigenvalue weighted by molar-refractivity contribution is 7.93. The second-order valence-electron chi connectivity index (χ2n) is 6.14. The van der Waals surface area contributed by atoms with E-state index in [9.17, 15) is 21.6 Å². The summed E-state index contributed by atoms with van der Waals surface area (Å²) < 4.78 is 68.5. The third-order valence-corrected chi connectivity index (χ3v) is 5.57. The fourth-order valence-corrected chi connectivity index (χ4v) is 4.10. The lowest BCUT2D eigenvalue weighted by Gasteiger charge is -2.10. The smallest absolute Gasteiger partial charge is 0.278 e. The minimum absolute atomic E-state index is 0.0426. The lowest BCUT2D eigenvalue weighted by atomic mass is 10.2. The van der Waals surface area contributed by atoms with Crippen molar-refractivity contribution in [3.8, 4) is 5.82 Å². The van der Waals surface area contributed by atoms with Gasteiger partial charge in [0.15, 0.2) is 5.82 Å². The number of nitrogens with one attached hydrogen (secondary N) is 1. The molecule has 0 fully saturated rings. The number of fused-ring (bicyclic) bond motifs is 1. The zero-order valence-corrected chi connectivity index (χ0v) is 15.6. The highest BCUT2D eigenvalue weighted by atomic mass is 32.2. The summed E-state index contributed by atoms with van der Waals surface area (Å²) in [5, 5.41) is 8.36. The third kappa shape index (κ3) is 3.53. The molecule has 3 heterocycles. The first kappa shape index (κ1) is 18.9. The molecular weight excluding hydrogens is 409 g/mol. The number of nitrogens with zero attached hydrogens (tertiary/aromatic N) is 5. The number of aromatic nitrogens is 5. The molecule has 0 radical (unpaired) electrons. The van der Waals surface area contributed by atoms with Gasteiger partial charge in [-0.2, -0.15) is 23.4 Å². The predicted molar refractivity (Wildman–Crippen MR) is 97.9 cm³/mol. The van der Waals surface area contributed by atoms with E-state index >= 15 is 0 Å². The Morgan fingerprint density at radius 1 is 1.03 bits per heavy atom. The lowest BCUT2D eigenvalue weighted by molar-refractivity contribution is -0.137. The van der Waals surface area contributed by atoms with Crippen LogP contribution in [0.5, 0.6) is 0 Å². The minimum atomic E-state index is -4.51. The molecule has 29 heavy (non-hydrogen) atoms. The first-order valence-corrected chi connectivity index (χ1v) is 9.65. The van der Waals surface area contributed by atoms with E-state index in [1.54, 1.807) is 25.4 Å². The molecule has 0 aliphatic rings. The Balaban J connectivity index is 1.61. The summed E-state index contributed by atoms with van der Waals surface area (Å²) in [5.41, 5.74) is -0.315. The molecular formula is C17H13F3N6O2S. The van der Waals surface area contributed by atoms with Gasteiger partial charge in [-0.05, 0) is 18.2 Å². The summed E-state index contributed by atoms with van der Waals surface area (Å²) in [6.45, 7) is 0. The number of anilines is 1. The standard InChI is InChI=1S/C17H13F3N6O2S/c1-25-16-11(7-22-25)3-2-4-14(16)29(27,28)24-13-5-6-15(21-9-13)26-10-12(8-23-26)17(18,19)20/h2-10,24H,1H3. The monoisotopic (exact) mass is 422 g/mol. The van der Waals surface area contributed by atoms with Crippen molar-refractivity contribution >= 4 is 26.6 Å². The third-order valence-electron chi connectivity index (χ3n) is 4.16. The Morgan fingerprint density at radius 2 is 1.83 bits per heavy atom. The average molecular weight is 422 g/mol. The maximum atomic E-state index is 12.8. The number of alkyl halides is 3. The van der Waals surface area contributed by atoms with E-state index in [1.165, 1.54) is 29.1 Å². The molecule has 12 heteroatoms. The van der Waals surface area contributed by atoms with E-state index in [4.69, 9.17) is 0 Å². The van der Waals surface area contributed by atoms with Crippen LogP contribution in [-0.4, -0.2) is 33.0 Å². The van der Waals surface area contributed by atoms with Gasteiger partial charge in [-0.25, -0.2) is 18.1 Å². The molecule has 0 unspecified atom stereocenters. The van der Waals surface area contributed by atoms with Crippen LogP contribution >= 0.6 is 0 Å². The molecule has 4 rings (SSSR count). The molecule has 0 aliphatic heterocycles. The molecule has 8 nitrogen and oxygen atoms in total. The van der Waals surface area contributed by atoms with Gasteiger partial charge in [0.2, 0.25) is 0 Å². The molecule has 4 aromatic rings. The first-order valence-electron chi connectivity index (χ1n) is 8.17. The molecule has 3 aromatic heterocycles. The van der Waals surface area contributed by atoms with Crippen LogP contribution in [0.4, 0.5) is 18.9 Å². The molecule has 0 atom stereocenters. The molecule has 1 N–H and O–H groups in total. The van der Waals surface area contributed by atoms with E-state index in [0.717, 1.165) is 10.9 Å². The number of aryl methyl sites for hydroxylation is 1. The Bertz CT molecular complexity index is 1290. The van der Waals surface area contributed by atoms with Crippen molar-refractivity contribution in [2.75, 3.05) is 4.72 Å². The summed E-state index contributed by atoms with van der Waals surface area (Å²) in [7, 11) is -2.31. The van der Waals surface area contributed by atoms with E-state index in [1.807, 2.05) is 0 Å². The summed E-state index contributed by atoms with van der Waals surface area (Å²) in [4.78, 5) is 4.02. The zero-order valence-electron chi connectivity index (χ0n) is 14.8. The second-order valence-corrected chi connectivity index (χ2v) is 7.79. The van der Waals surface area contributed by atoms with Gasteiger partial charge in [0.1, 0.15) is 4.90 Å². The minimum Gasteiger partial charge on any atom is -0.278 e. The van der Waals surface area contributed by atoms with Gasteiger partial charge >= 0.3 is 6.18 Å². The highest BCUT2D eigenvalue weighted by Crippen LogP contribution is 2.29. The lowest BCUT2D eigenvalue weighted by Crippen LogP contribution is -2.14. The van der Waals surface area contributed by atoms with Crippen LogP contribution in [0, 0.1) is 0 Å². The van der Waals surface area contributed by atoms with Crippen LogP contribution in [0.1, 0.15) is 5.56 Å². The molecule has 1 aromatic carbocycles. The number of rotatable bonds is 4. The summed E-state index contributed by atoms with van der Waals surface area (Å²) in [6.07, 6.45) is -0.266. The topological polar surface area (TPSA) is 94.7 Å². The second kappa shape index (κ2) is 6.58. The number of sulfonamides is 1. The summed E-state index contributed by atoms with van der Waals surface area (Å²) in [6, 6.07) is 7.55. The number of benzene rings is 1. The van der Waals surface area contributed by atoms with Gasteiger partial charge in [-0.1, -0.05) is 12.1 Å². The quantitative estimate of drug-likeness (QED) is 0.546. The summed E-state index contributed by atoms with van der Waals surface area (Å²) in [5.74, 6) is 0.109. The number of hydrogen-bond acceptors (Lipinski definition) is 5. The summed E-state index contributed by atoms with van der Waals surface area (Å²) >= 11 is 0. The fraction of sp³-hybridized carbons (Fsp3) is 0.118. The average Bonchev–Trinajstić information content (AvgIpc) is 3.29. The highest BCUT2D eigenvalue weighted by Gasteiger charge is 2.32. The molecule has 0 saturated heterocycles. The Kier molecular flexibility index (Phi) is 4.30. The van der Waals surface area contributed by atoms with Gasteiger partial charge in [0.05, 0.1) is 35.4 Å². The van der Waals surface area contributed by atoms with Crippen LogP contribution in [0.3, 0.4) is 0 Å². The number of para-hydroxylation sites is 1. The molecule has 150 valence electrons. The molecule has 0 amide bonds. The molecule has 0 saturated carbocycles. The Morgan fingerprint density at radius 3 is 2.48 bits per heavy atom. The van der Waals surface area contributed by atoms with E-state index in [-0.39, 0.29) is 16.4 Å². The number of hydrogen-bond donors (Lipinski definition) is 1. The maximum absolute atomic E-state index is 12.8. The zero-order chi connectivity index (χ0) is 20.8. The number of pyridine rings is 1. The van der Waals surface area contributed by atoms with Crippen LogP contribution in [-0.2, 0) is 23.2 Å². The van der Waals surface area contributed by atoms with Crippen molar-refractivity contribution in [2.45, 2.75) is 11.1 Å². The van der Waals surface area contributed by atoms with E-state index < -0.39 is 21.8 Å². The fourth-order valence-electron chi connectivity index (χ4n) is 2.80. The first-order chi connectivity index (χ1) is 13.6. The van der Waals surface area contributed by atoms with Gasteiger partial charge < -0.3 is 0 Å². The van der Waals surface area contributed by atoms with Crippen LogP contribution < -0.4 is 4.72 Å². The maximum Gasteiger partial charge on any atom is 0.419 e.